The molecule has 17 heavy (non-hydrogen) atoms. The van der Waals surface area contributed by atoms with Gasteiger partial charge in [-0.05, 0) is 32.4 Å². The first-order valence-corrected chi connectivity index (χ1v) is 5.81. The summed E-state index contributed by atoms with van der Waals surface area (Å²) in [4.78, 5) is 0. The summed E-state index contributed by atoms with van der Waals surface area (Å²) in [7, 11) is 3.32. The van der Waals surface area contributed by atoms with Gasteiger partial charge < -0.3 is 20.5 Å². The Morgan fingerprint density at radius 1 is 1.29 bits per heavy atom. The third-order valence-corrected chi connectivity index (χ3v) is 2.70. The van der Waals surface area contributed by atoms with E-state index in [4.69, 9.17) is 15.2 Å². The molecule has 0 aliphatic rings. The molecule has 0 radical (unpaired) electrons. The highest BCUT2D eigenvalue weighted by Gasteiger charge is 2.10. The Morgan fingerprint density at radius 3 is 2.53 bits per heavy atom. The molecule has 0 bridgehead atoms. The van der Waals surface area contributed by atoms with Gasteiger partial charge in [-0.1, -0.05) is 0 Å². The number of nitrogens with one attached hydrogen (secondary N) is 1. The normalized spacial score (nSPS) is 12.1. The molecule has 1 aromatic carbocycles. The van der Waals surface area contributed by atoms with Crippen molar-refractivity contribution in [2.75, 3.05) is 26.1 Å². The first-order chi connectivity index (χ1) is 8.10. The van der Waals surface area contributed by atoms with E-state index in [9.17, 15) is 0 Å². The van der Waals surface area contributed by atoms with Crippen LogP contribution in [-0.4, -0.2) is 26.8 Å². The molecule has 0 aliphatic heterocycles. The van der Waals surface area contributed by atoms with Crippen LogP contribution in [0.5, 0.6) is 11.5 Å². The number of ether oxygens (including phenoxy) is 2. The van der Waals surface area contributed by atoms with Crippen molar-refractivity contribution in [2.24, 2.45) is 5.73 Å². The Hall–Kier alpha value is -1.42. The van der Waals surface area contributed by atoms with Crippen LogP contribution in [0.3, 0.4) is 0 Å². The quantitative estimate of drug-likeness (QED) is 0.797. The Labute approximate surface area is 103 Å². The van der Waals surface area contributed by atoms with Crippen molar-refractivity contribution in [2.45, 2.75) is 26.3 Å². The summed E-state index contributed by atoms with van der Waals surface area (Å²) in [6.07, 6.45) is 0.925. The molecule has 96 valence electrons. The van der Waals surface area contributed by atoms with Crippen LogP contribution < -0.4 is 20.5 Å². The van der Waals surface area contributed by atoms with Gasteiger partial charge in [0.25, 0.3) is 0 Å². The zero-order chi connectivity index (χ0) is 12.8. The van der Waals surface area contributed by atoms with Crippen LogP contribution >= 0.6 is 0 Å². The van der Waals surface area contributed by atoms with Gasteiger partial charge in [0, 0.05) is 18.2 Å². The molecule has 1 aromatic rings. The van der Waals surface area contributed by atoms with Gasteiger partial charge in [0.15, 0.2) is 0 Å². The third-order valence-electron chi connectivity index (χ3n) is 2.70. The zero-order valence-electron chi connectivity index (χ0n) is 11.0. The van der Waals surface area contributed by atoms with Crippen LogP contribution in [0.25, 0.3) is 0 Å². The van der Waals surface area contributed by atoms with Crippen molar-refractivity contribution < 1.29 is 9.47 Å². The van der Waals surface area contributed by atoms with E-state index in [1.807, 2.05) is 26.0 Å². The van der Waals surface area contributed by atoms with E-state index in [0.717, 1.165) is 35.7 Å². The monoisotopic (exact) mass is 238 g/mol. The Balaban J connectivity index is 2.81. The fourth-order valence-corrected chi connectivity index (χ4v) is 1.73. The molecular weight excluding hydrogens is 216 g/mol. The Bertz CT molecular complexity index is 365. The van der Waals surface area contributed by atoms with E-state index in [-0.39, 0.29) is 6.04 Å². The van der Waals surface area contributed by atoms with Crippen molar-refractivity contribution in [3.63, 3.8) is 0 Å². The maximum atomic E-state index is 5.71. The van der Waals surface area contributed by atoms with Crippen LogP contribution in [0.2, 0.25) is 0 Å². The maximum Gasteiger partial charge on any atom is 0.148 e. The standard InChI is InChI=1S/C13H22N2O2/c1-9(14)7-8-15-11-5-6-12(16-3)10(2)13(11)17-4/h5-6,9,15H,7-8,14H2,1-4H3. The number of methoxy groups -OCH3 is 2. The third kappa shape index (κ3) is 3.53. The van der Waals surface area contributed by atoms with E-state index in [1.165, 1.54) is 0 Å². The molecule has 0 saturated carbocycles. The second kappa shape index (κ2) is 6.35. The van der Waals surface area contributed by atoms with Crippen LogP contribution in [-0.2, 0) is 0 Å². The van der Waals surface area contributed by atoms with Gasteiger partial charge in [0.05, 0.1) is 19.9 Å². The van der Waals surface area contributed by atoms with Crippen molar-refractivity contribution in [1.82, 2.24) is 0 Å². The van der Waals surface area contributed by atoms with Gasteiger partial charge in [-0.2, -0.15) is 0 Å². The topological polar surface area (TPSA) is 56.5 Å². The van der Waals surface area contributed by atoms with Gasteiger partial charge in [-0.3, -0.25) is 0 Å². The molecule has 4 heteroatoms. The van der Waals surface area contributed by atoms with Gasteiger partial charge in [0.2, 0.25) is 0 Å². The lowest BCUT2D eigenvalue weighted by molar-refractivity contribution is 0.390. The van der Waals surface area contributed by atoms with Gasteiger partial charge >= 0.3 is 0 Å². The summed E-state index contributed by atoms with van der Waals surface area (Å²) in [6, 6.07) is 4.10. The van der Waals surface area contributed by atoms with Gasteiger partial charge in [-0.25, -0.2) is 0 Å². The van der Waals surface area contributed by atoms with Crippen LogP contribution in [0.15, 0.2) is 12.1 Å². The van der Waals surface area contributed by atoms with Crippen LogP contribution in [0, 0.1) is 6.92 Å². The highest BCUT2D eigenvalue weighted by Crippen LogP contribution is 2.34. The number of hydrogen-bond acceptors (Lipinski definition) is 4. The van der Waals surface area contributed by atoms with Crippen molar-refractivity contribution in [1.29, 1.82) is 0 Å². The average Bonchev–Trinajstić information content (AvgIpc) is 2.29. The second-order valence-electron chi connectivity index (χ2n) is 4.17. The highest BCUT2D eigenvalue weighted by atomic mass is 16.5. The minimum Gasteiger partial charge on any atom is -0.496 e. The fraction of sp³-hybridized carbons (Fsp3) is 0.538. The minimum atomic E-state index is 0.202. The Morgan fingerprint density at radius 2 is 2.00 bits per heavy atom. The number of hydrogen-bond donors (Lipinski definition) is 2. The molecule has 0 aromatic heterocycles. The summed E-state index contributed by atoms with van der Waals surface area (Å²) in [6.45, 7) is 4.81. The molecule has 0 saturated heterocycles. The van der Waals surface area contributed by atoms with Crippen molar-refractivity contribution >= 4 is 5.69 Å². The molecule has 1 atom stereocenters. The molecular formula is C13H22N2O2. The minimum absolute atomic E-state index is 0.202. The van der Waals surface area contributed by atoms with Crippen LogP contribution in [0.1, 0.15) is 18.9 Å². The second-order valence-corrected chi connectivity index (χ2v) is 4.17. The number of rotatable bonds is 6. The maximum absolute atomic E-state index is 5.71. The number of nitrogens with two attached hydrogens (primary N) is 1. The molecule has 0 amide bonds. The lowest BCUT2D eigenvalue weighted by atomic mass is 10.1. The molecule has 1 rings (SSSR count). The summed E-state index contributed by atoms with van der Waals surface area (Å²) < 4.78 is 10.7. The molecule has 1 unspecified atom stereocenters. The average molecular weight is 238 g/mol. The highest BCUT2D eigenvalue weighted by molar-refractivity contribution is 5.63. The van der Waals surface area contributed by atoms with Gasteiger partial charge in [-0.15, -0.1) is 0 Å². The number of anilines is 1. The fourth-order valence-electron chi connectivity index (χ4n) is 1.73. The van der Waals surface area contributed by atoms with Gasteiger partial charge in [0.1, 0.15) is 11.5 Å². The predicted octanol–water partition coefficient (Wildman–Crippen LogP) is 2.16. The van der Waals surface area contributed by atoms with Crippen molar-refractivity contribution in [3.05, 3.63) is 17.7 Å². The van der Waals surface area contributed by atoms with E-state index < -0.39 is 0 Å². The van der Waals surface area contributed by atoms with E-state index >= 15 is 0 Å². The van der Waals surface area contributed by atoms with E-state index in [2.05, 4.69) is 5.32 Å². The number of benzene rings is 1. The smallest absolute Gasteiger partial charge is 0.148 e. The zero-order valence-corrected chi connectivity index (χ0v) is 11.0. The van der Waals surface area contributed by atoms with E-state index in [1.54, 1.807) is 14.2 Å². The predicted molar refractivity (Wildman–Crippen MR) is 71.0 cm³/mol. The molecule has 0 fully saturated rings. The Kier molecular flexibility index (Phi) is 5.10. The largest absolute Gasteiger partial charge is 0.496 e. The first kappa shape index (κ1) is 13.6. The molecule has 4 nitrogen and oxygen atoms in total. The molecule has 0 aliphatic carbocycles. The van der Waals surface area contributed by atoms with Crippen LogP contribution in [0.4, 0.5) is 5.69 Å². The van der Waals surface area contributed by atoms with Crippen molar-refractivity contribution in [3.8, 4) is 11.5 Å². The SMILES string of the molecule is COc1ccc(NCCC(C)N)c(OC)c1C. The lowest BCUT2D eigenvalue weighted by Crippen LogP contribution is -2.19. The molecule has 3 N–H and O–H groups in total. The molecule has 0 heterocycles. The first-order valence-electron chi connectivity index (χ1n) is 5.81. The molecule has 0 spiro atoms. The van der Waals surface area contributed by atoms with E-state index in [0.29, 0.717) is 0 Å². The summed E-state index contributed by atoms with van der Waals surface area (Å²) >= 11 is 0. The summed E-state index contributed by atoms with van der Waals surface area (Å²) in [5.74, 6) is 1.66. The summed E-state index contributed by atoms with van der Waals surface area (Å²) in [5.41, 5.74) is 7.69. The lowest BCUT2D eigenvalue weighted by Gasteiger charge is -2.16. The summed E-state index contributed by atoms with van der Waals surface area (Å²) in [5, 5.41) is 3.33.